The maximum atomic E-state index is 11.7. The number of carbonyl (C=O) groups excluding carboxylic acids is 1. The normalized spacial score (nSPS) is 10.4. The van der Waals surface area contributed by atoms with Crippen molar-refractivity contribution < 1.29 is 9.53 Å². The third kappa shape index (κ3) is 2.96. The second kappa shape index (κ2) is 5.89. The molecule has 2 aromatic rings. The molecule has 2 rings (SSSR count). The van der Waals surface area contributed by atoms with Gasteiger partial charge in [0.15, 0.2) is 0 Å². The van der Waals surface area contributed by atoms with Crippen LogP contribution in [0.4, 0.5) is 5.69 Å². The first-order valence-corrected chi connectivity index (χ1v) is 7.13. The SMILES string of the molecule is CCOC(=O)c1sc(-c2ccc(CC)cc2)cc1N. The van der Waals surface area contributed by atoms with E-state index < -0.39 is 0 Å². The number of hydrogen-bond donors (Lipinski definition) is 1. The quantitative estimate of drug-likeness (QED) is 0.865. The van der Waals surface area contributed by atoms with Crippen LogP contribution in [-0.4, -0.2) is 12.6 Å². The Morgan fingerprint density at radius 3 is 2.53 bits per heavy atom. The summed E-state index contributed by atoms with van der Waals surface area (Å²) in [6, 6.07) is 10.1. The summed E-state index contributed by atoms with van der Waals surface area (Å²) in [5.41, 5.74) is 8.72. The highest BCUT2D eigenvalue weighted by atomic mass is 32.1. The zero-order valence-electron chi connectivity index (χ0n) is 11.1. The number of hydrogen-bond acceptors (Lipinski definition) is 4. The van der Waals surface area contributed by atoms with Gasteiger partial charge in [0.2, 0.25) is 0 Å². The summed E-state index contributed by atoms with van der Waals surface area (Å²) in [6.07, 6.45) is 1.01. The largest absolute Gasteiger partial charge is 0.462 e. The van der Waals surface area contributed by atoms with Crippen LogP contribution in [0, 0.1) is 0 Å². The van der Waals surface area contributed by atoms with Crippen LogP contribution < -0.4 is 5.73 Å². The first-order chi connectivity index (χ1) is 9.15. The van der Waals surface area contributed by atoms with Crippen LogP contribution in [0.5, 0.6) is 0 Å². The molecule has 100 valence electrons. The van der Waals surface area contributed by atoms with E-state index in [-0.39, 0.29) is 5.97 Å². The lowest BCUT2D eigenvalue weighted by atomic mass is 10.1. The van der Waals surface area contributed by atoms with Gasteiger partial charge in [-0.25, -0.2) is 4.79 Å². The molecule has 0 fully saturated rings. The van der Waals surface area contributed by atoms with Gasteiger partial charge in [0.05, 0.1) is 12.3 Å². The van der Waals surface area contributed by atoms with Gasteiger partial charge in [-0.1, -0.05) is 31.2 Å². The number of nitrogens with two attached hydrogens (primary N) is 1. The van der Waals surface area contributed by atoms with Crippen LogP contribution >= 0.6 is 11.3 Å². The van der Waals surface area contributed by atoms with Crippen LogP contribution in [0.3, 0.4) is 0 Å². The molecule has 0 saturated carbocycles. The van der Waals surface area contributed by atoms with Crippen molar-refractivity contribution in [2.75, 3.05) is 12.3 Å². The average Bonchev–Trinajstić information content (AvgIpc) is 2.81. The van der Waals surface area contributed by atoms with Gasteiger partial charge in [-0.3, -0.25) is 0 Å². The number of nitrogen functional groups attached to an aromatic ring is 1. The number of thiophene rings is 1. The Kier molecular flexibility index (Phi) is 4.22. The zero-order chi connectivity index (χ0) is 13.8. The van der Waals surface area contributed by atoms with Crippen molar-refractivity contribution in [2.24, 2.45) is 0 Å². The fourth-order valence-electron chi connectivity index (χ4n) is 1.81. The molecule has 2 N–H and O–H groups in total. The molecule has 0 amide bonds. The van der Waals surface area contributed by atoms with Crippen molar-refractivity contribution in [2.45, 2.75) is 20.3 Å². The lowest BCUT2D eigenvalue weighted by Crippen LogP contribution is -2.04. The molecule has 3 nitrogen and oxygen atoms in total. The number of rotatable bonds is 4. The number of carbonyl (C=O) groups is 1. The standard InChI is InChI=1S/C15H17NO2S/c1-3-10-5-7-11(8-6-10)13-9-12(16)14(19-13)15(17)18-4-2/h5-9H,3-4,16H2,1-2H3. The Balaban J connectivity index is 2.30. The Labute approximate surface area is 117 Å². The van der Waals surface area contributed by atoms with Crippen molar-refractivity contribution in [3.8, 4) is 10.4 Å². The summed E-state index contributed by atoms with van der Waals surface area (Å²) >= 11 is 1.37. The molecule has 1 aromatic heterocycles. The molecule has 19 heavy (non-hydrogen) atoms. The number of esters is 1. The topological polar surface area (TPSA) is 52.3 Å². The minimum Gasteiger partial charge on any atom is -0.462 e. The average molecular weight is 275 g/mol. The molecular formula is C15H17NO2S. The molecule has 0 unspecified atom stereocenters. The lowest BCUT2D eigenvalue weighted by Gasteiger charge is -2.00. The monoisotopic (exact) mass is 275 g/mol. The van der Waals surface area contributed by atoms with Crippen LogP contribution in [0.25, 0.3) is 10.4 Å². The molecule has 1 aromatic carbocycles. The Bertz CT molecular complexity index is 572. The minimum absolute atomic E-state index is 0.346. The maximum Gasteiger partial charge on any atom is 0.350 e. The number of benzene rings is 1. The summed E-state index contributed by atoms with van der Waals surface area (Å²) in [6.45, 7) is 4.26. The van der Waals surface area contributed by atoms with Crippen molar-refractivity contribution >= 4 is 23.0 Å². The van der Waals surface area contributed by atoms with Gasteiger partial charge >= 0.3 is 5.97 Å². The molecule has 1 heterocycles. The van der Waals surface area contributed by atoms with E-state index in [1.165, 1.54) is 16.9 Å². The summed E-state index contributed by atoms with van der Waals surface area (Å²) in [5.74, 6) is -0.346. The summed E-state index contributed by atoms with van der Waals surface area (Å²) < 4.78 is 4.99. The number of aryl methyl sites for hydroxylation is 1. The van der Waals surface area contributed by atoms with Gasteiger partial charge in [-0.15, -0.1) is 11.3 Å². The van der Waals surface area contributed by atoms with E-state index in [0.29, 0.717) is 17.2 Å². The lowest BCUT2D eigenvalue weighted by molar-refractivity contribution is 0.0533. The Morgan fingerprint density at radius 1 is 1.26 bits per heavy atom. The van der Waals surface area contributed by atoms with Gasteiger partial charge in [-0.2, -0.15) is 0 Å². The van der Waals surface area contributed by atoms with E-state index in [9.17, 15) is 4.79 Å². The molecule has 0 bridgehead atoms. The highest BCUT2D eigenvalue weighted by Crippen LogP contribution is 2.33. The fraction of sp³-hybridized carbons (Fsp3) is 0.267. The molecule has 0 radical (unpaired) electrons. The van der Waals surface area contributed by atoms with Gasteiger partial charge in [0, 0.05) is 4.88 Å². The van der Waals surface area contributed by atoms with Crippen molar-refractivity contribution in [1.82, 2.24) is 0 Å². The maximum absolute atomic E-state index is 11.7. The molecule has 0 spiro atoms. The number of anilines is 1. The molecule has 4 heteroatoms. The van der Waals surface area contributed by atoms with Crippen LogP contribution in [-0.2, 0) is 11.2 Å². The van der Waals surface area contributed by atoms with Gasteiger partial charge in [0.1, 0.15) is 4.88 Å². The minimum atomic E-state index is -0.346. The second-order valence-corrected chi connectivity index (χ2v) is 5.22. The zero-order valence-corrected chi connectivity index (χ0v) is 11.9. The predicted octanol–water partition coefficient (Wildman–Crippen LogP) is 3.74. The van der Waals surface area contributed by atoms with Crippen molar-refractivity contribution in [1.29, 1.82) is 0 Å². The van der Waals surface area contributed by atoms with E-state index in [1.807, 2.05) is 6.07 Å². The van der Waals surface area contributed by atoms with E-state index in [2.05, 4.69) is 31.2 Å². The van der Waals surface area contributed by atoms with Crippen molar-refractivity contribution in [3.63, 3.8) is 0 Å². The molecule has 0 aliphatic carbocycles. The Hall–Kier alpha value is -1.81. The van der Waals surface area contributed by atoms with E-state index in [4.69, 9.17) is 10.5 Å². The van der Waals surface area contributed by atoms with Crippen LogP contribution in [0.2, 0.25) is 0 Å². The smallest absolute Gasteiger partial charge is 0.350 e. The van der Waals surface area contributed by atoms with Gasteiger partial charge < -0.3 is 10.5 Å². The summed E-state index contributed by atoms with van der Waals surface area (Å²) in [7, 11) is 0. The fourth-order valence-corrected chi connectivity index (χ4v) is 2.79. The van der Waals surface area contributed by atoms with Gasteiger partial charge in [0.25, 0.3) is 0 Å². The van der Waals surface area contributed by atoms with Gasteiger partial charge in [-0.05, 0) is 30.5 Å². The third-order valence-corrected chi connectivity index (χ3v) is 4.05. The molecular weight excluding hydrogens is 258 g/mol. The highest BCUT2D eigenvalue weighted by Gasteiger charge is 2.16. The summed E-state index contributed by atoms with van der Waals surface area (Å²) in [5, 5.41) is 0. The summed E-state index contributed by atoms with van der Waals surface area (Å²) in [4.78, 5) is 13.2. The van der Waals surface area contributed by atoms with E-state index >= 15 is 0 Å². The van der Waals surface area contributed by atoms with Crippen LogP contribution in [0.15, 0.2) is 30.3 Å². The molecule has 0 aliphatic rings. The molecule has 0 aliphatic heterocycles. The first kappa shape index (κ1) is 13.6. The Morgan fingerprint density at radius 2 is 1.95 bits per heavy atom. The highest BCUT2D eigenvalue weighted by molar-refractivity contribution is 7.18. The molecule has 0 saturated heterocycles. The predicted molar refractivity (Wildman–Crippen MR) is 79.5 cm³/mol. The third-order valence-electron chi connectivity index (χ3n) is 2.87. The first-order valence-electron chi connectivity index (χ1n) is 6.31. The second-order valence-electron chi connectivity index (χ2n) is 4.17. The molecule has 0 atom stereocenters. The van der Waals surface area contributed by atoms with E-state index in [0.717, 1.165) is 16.9 Å². The number of ether oxygens (including phenoxy) is 1. The van der Waals surface area contributed by atoms with Crippen molar-refractivity contribution in [3.05, 3.63) is 40.8 Å². The van der Waals surface area contributed by atoms with Crippen LogP contribution in [0.1, 0.15) is 29.1 Å². The van der Waals surface area contributed by atoms with E-state index in [1.54, 1.807) is 6.92 Å².